The van der Waals surface area contributed by atoms with Crippen molar-refractivity contribution >= 4 is 28.8 Å². The first kappa shape index (κ1) is 24.3. The number of carboxylic acid groups (broad SMARTS) is 1. The lowest BCUT2D eigenvalue weighted by Gasteiger charge is -2.25. The molecule has 35 heavy (non-hydrogen) atoms. The normalized spacial score (nSPS) is 15.7. The van der Waals surface area contributed by atoms with Crippen molar-refractivity contribution in [1.82, 2.24) is 25.8 Å². The number of nitrogens with zero attached hydrogens (tertiary/aromatic N) is 3. The van der Waals surface area contributed by atoms with Gasteiger partial charge in [0.2, 0.25) is 0 Å². The highest BCUT2D eigenvalue weighted by Gasteiger charge is 2.24. The van der Waals surface area contributed by atoms with E-state index in [0.29, 0.717) is 31.0 Å². The van der Waals surface area contributed by atoms with Crippen molar-refractivity contribution in [1.29, 1.82) is 0 Å². The van der Waals surface area contributed by atoms with Crippen LogP contribution in [0.3, 0.4) is 0 Å². The molecule has 0 spiro atoms. The summed E-state index contributed by atoms with van der Waals surface area (Å²) in [6, 6.07) is 7.39. The standard InChI is InChI=1S/C25H30N6O4/c1-4-15-5-7-26-13-20(15)16-9-17-11-21(28-23(32)27-19-6-8-35-14-19)30-31-22(17)18(10-16)12-25(2,3)29-24(33)34/h5,7,9-11,13,19,29H,4,6,8,12,14H2,1-3H3,(H,33,34)(H2,27,28,30,32). The maximum absolute atomic E-state index is 12.4. The Bertz CT molecular complexity index is 1240. The Morgan fingerprint density at radius 1 is 1.20 bits per heavy atom. The van der Waals surface area contributed by atoms with Crippen molar-refractivity contribution in [2.45, 2.75) is 51.6 Å². The van der Waals surface area contributed by atoms with Crippen molar-refractivity contribution in [3.8, 4) is 11.1 Å². The fourth-order valence-corrected chi connectivity index (χ4v) is 4.37. The molecule has 3 aromatic rings. The lowest BCUT2D eigenvalue weighted by Crippen LogP contribution is -2.44. The largest absolute Gasteiger partial charge is 0.465 e. The molecule has 184 valence electrons. The predicted molar refractivity (Wildman–Crippen MR) is 132 cm³/mol. The molecule has 10 heteroatoms. The van der Waals surface area contributed by atoms with E-state index in [1.54, 1.807) is 12.3 Å². The van der Waals surface area contributed by atoms with Gasteiger partial charge in [-0.05, 0) is 74.1 Å². The van der Waals surface area contributed by atoms with E-state index in [0.717, 1.165) is 40.5 Å². The summed E-state index contributed by atoms with van der Waals surface area (Å²) in [6.07, 6.45) is 4.51. The highest BCUT2D eigenvalue weighted by atomic mass is 16.5. The summed E-state index contributed by atoms with van der Waals surface area (Å²) in [5.74, 6) is 0.321. The molecule has 1 saturated heterocycles. The first-order valence-electron chi connectivity index (χ1n) is 11.6. The molecule has 1 fully saturated rings. The van der Waals surface area contributed by atoms with Gasteiger partial charge in [-0.2, -0.15) is 0 Å². The smallest absolute Gasteiger partial charge is 0.405 e. The minimum absolute atomic E-state index is 0.0244. The summed E-state index contributed by atoms with van der Waals surface area (Å²) >= 11 is 0. The average molecular weight is 479 g/mol. The van der Waals surface area contributed by atoms with E-state index in [1.165, 1.54) is 0 Å². The number of aryl methyl sites for hydroxylation is 1. The zero-order valence-corrected chi connectivity index (χ0v) is 20.1. The molecule has 4 rings (SSSR count). The zero-order chi connectivity index (χ0) is 25.0. The minimum atomic E-state index is -1.09. The van der Waals surface area contributed by atoms with Gasteiger partial charge in [-0.15, -0.1) is 10.2 Å². The second-order valence-electron chi connectivity index (χ2n) is 9.34. The van der Waals surface area contributed by atoms with Crippen LogP contribution in [0, 0.1) is 0 Å². The number of urea groups is 1. The van der Waals surface area contributed by atoms with Crippen molar-refractivity contribution in [2.75, 3.05) is 18.5 Å². The van der Waals surface area contributed by atoms with Gasteiger partial charge in [0.15, 0.2) is 5.82 Å². The molecule has 10 nitrogen and oxygen atoms in total. The number of anilines is 1. The number of rotatable bonds is 7. The summed E-state index contributed by atoms with van der Waals surface area (Å²) in [5, 5.41) is 26.8. The van der Waals surface area contributed by atoms with E-state index >= 15 is 0 Å². The van der Waals surface area contributed by atoms with Crippen LogP contribution in [0.4, 0.5) is 15.4 Å². The van der Waals surface area contributed by atoms with Crippen molar-refractivity contribution in [3.05, 3.63) is 47.8 Å². The van der Waals surface area contributed by atoms with Crippen LogP contribution in [0.5, 0.6) is 0 Å². The molecule has 3 heterocycles. The number of amides is 3. The van der Waals surface area contributed by atoms with Crippen LogP contribution in [0.2, 0.25) is 0 Å². The Labute approximate surface area is 203 Å². The van der Waals surface area contributed by atoms with Crippen LogP contribution >= 0.6 is 0 Å². The van der Waals surface area contributed by atoms with E-state index in [4.69, 9.17) is 4.74 Å². The fraction of sp³-hybridized carbons (Fsp3) is 0.400. The Hall–Kier alpha value is -3.79. The maximum atomic E-state index is 12.4. The molecular weight excluding hydrogens is 448 g/mol. The number of carbonyl (C=O) groups excluding carboxylic acids is 1. The Kier molecular flexibility index (Phi) is 7.11. The minimum Gasteiger partial charge on any atom is -0.465 e. The first-order chi connectivity index (χ1) is 16.7. The number of nitrogens with one attached hydrogen (secondary N) is 3. The van der Waals surface area contributed by atoms with E-state index < -0.39 is 11.6 Å². The van der Waals surface area contributed by atoms with Crippen LogP contribution in [0.1, 0.15) is 38.3 Å². The summed E-state index contributed by atoms with van der Waals surface area (Å²) in [5.41, 5.74) is 3.83. The van der Waals surface area contributed by atoms with Crippen molar-refractivity contribution < 1.29 is 19.4 Å². The third-order valence-electron chi connectivity index (χ3n) is 5.96. The Morgan fingerprint density at radius 2 is 2.03 bits per heavy atom. The van der Waals surface area contributed by atoms with Crippen LogP contribution in [0.25, 0.3) is 22.0 Å². The molecule has 1 aliphatic rings. The van der Waals surface area contributed by atoms with Gasteiger partial charge in [-0.1, -0.05) is 6.92 Å². The first-order valence-corrected chi connectivity index (χ1v) is 11.6. The molecule has 0 radical (unpaired) electrons. The topological polar surface area (TPSA) is 138 Å². The molecular formula is C25H30N6O4. The predicted octanol–water partition coefficient (Wildman–Crippen LogP) is 3.75. The SMILES string of the molecule is CCc1ccncc1-c1cc(CC(C)(C)NC(=O)O)c2nnc(NC(=O)NC3CCOC3)cc2c1. The quantitative estimate of drug-likeness (QED) is 0.406. The number of pyridine rings is 1. The van der Waals surface area contributed by atoms with Gasteiger partial charge in [0.1, 0.15) is 0 Å². The molecule has 1 atom stereocenters. The molecule has 4 N–H and O–H groups in total. The molecule has 1 aliphatic heterocycles. The summed E-state index contributed by atoms with van der Waals surface area (Å²) < 4.78 is 5.30. The number of ether oxygens (including phenoxy) is 1. The van der Waals surface area contributed by atoms with Gasteiger partial charge in [-0.25, -0.2) is 9.59 Å². The summed E-state index contributed by atoms with van der Waals surface area (Å²) in [7, 11) is 0. The highest BCUT2D eigenvalue weighted by molar-refractivity contribution is 5.93. The molecule has 0 bridgehead atoms. The van der Waals surface area contributed by atoms with Crippen LogP contribution in [-0.2, 0) is 17.6 Å². The molecule has 1 unspecified atom stereocenters. The van der Waals surface area contributed by atoms with Gasteiger partial charge >= 0.3 is 12.1 Å². The third kappa shape index (κ3) is 6.02. The number of fused-ring (bicyclic) bond motifs is 1. The molecule has 3 amide bonds. The third-order valence-corrected chi connectivity index (χ3v) is 5.96. The van der Waals surface area contributed by atoms with Gasteiger partial charge in [0, 0.05) is 35.5 Å². The molecule has 0 saturated carbocycles. The number of carbonyl (C=O) groups is 2. The summed E-state index contributed by atoms with van der Waals surface area (Å²) in [6.45, 7) is 6.85. The molecule has 1 aromatic carbocycles. The number of aromatic nitrogens is 3. The monoisotopic (exact) mass is 478 g/mol. The van der Waals surface area contributed by atoms with E-state index in [2.05, 4.69) is 38.1 Å². The Morgan fingerprint density at radius 3 is 2.74 bits per heavy atom. The van der Waals surface area contributed by atoms with Crippen LogP contribution in [0.15, 0.2) is 36.7 Å². The van der Waals surface area contributed by atoms with Gasteiger partial charge in [0.25, 0.3) is 0 Å². The second kappa shape index (κ2) is 10.2. The number of hydrogen-bond donors (Lipinski definition) is 4. The zero-order valence-electron chi connectivity index (χ0n) is 20.1. The van der Waals surface area contributed by atoms with E-state index in [-0.39, 0.29) is 12.1 Å². The van der Waals surface area contributed by atoms with Crippen LogP contribution in [-0.4, -0.2) is 57.2 Å². The van der Waals surface area contributed by atoms with Crippen LogP contribution < -0.4 is 16.0 Å². The van der Waals surface area contributed by atoms with Crippen molar-refractivity contribution in [3.63, 3.8) is 0 Å². The van der Waals surface area contributed by atoms with Gasteiger partial charge < -0.3 is 20.5 Å². The molecule has 0 aliphatic carbocycles. The number of hydrogen-bond acceptors (Lipinski definition) is 6. The average Bonchev–Trinajstić information content (AvgIpc) is 3.30. The number of benzene rings is 1. The fourth-order valence-electron chi connectivity index (χ4n) is 4.37. The lowest BCUT2D eigenvalue weighted by molar-refractivity contribution is 0.182. The van der Waals surface area contributed by atoms with Gasteiger partial charge in [0.05, 0.1) is 18.2 Å². The maximum Gasteiger partial charge on any atom is 0.405 e. The Balaban J connectivity index is 1.73. The van der Waals surface area contributed by atoms with Gasteiger partial charge in [-0.3, -0.25) is 10.3 Å². The van der Waals surface area contributed by atoms with Crippen molar-refractivity contribution in [2.24, 2.45) is 0 Å². The van der Waals surface area contributed by atoms with E-state index in [1.807, 2.05) is 38.2 Å². The highest BCUT2D eigenvalue weighted by Crippen LogP contribution is 2.31. The van der Waals surface area contributed by atoms with E-state index in [9.17, 15) is 14.7 Å². The lowest BCUT2D eigenvalue weighted by atomic mass is 9.90. The second-order valence-corrected chi connectivity index (χ2v) is 9.34. The molecule has 2 aromatic heterocycles. The summed E-state index contributed by atoms with van der Waals surface area (Å²) in [4.78, 5) is 28.0.